The van der Waals surface area contributed by atoms with Gasteiger partial charge in [-0.25, -0.2) is 13.1 Å². The second kappa shape index (κ2) is 9.46. The highest BCUT2D eigenvalue weighted by molar-refractivity contribution is 7.89. The molecule has 2 aromatic rings. The van der Waals surface area contributed by atoms with Crippen LogP contribution in [0.4, 0.5) is 0 Å². The van der Waals surface area contributed by atoms with Crippen LogP contribution in [0.15, 0.2) is 59.5 Å². The van der Waals surface area contributed by atoms with Gasteiger partial charge in [-0.3, -0.25) is 4.90 Å². The van der Waals surface area contributed by atoms with Crippen LogP contribution in [0, 0.1) is 0 Å². The lowest BCUT2D eigenvalue weighted by Gasteiger charge is -2.31. The van der Waals surface area contributed by atoms with E-state index in [0.717, 1.165) is 37.1 Å². The van der Waals surface area contributed by atoms with Gasteiger partial charge < -0.3 is 4.74 Å². The summed E-state index contributed by atoms with van der Waals surface area (Å²) in [5.41, 5.74) is 2.12. The van der Waals surface area contributed by atoms with Crippen molar-refractivity contribution in [1.82, 2.24) is 9.62 Å². The second-order valence-corrected chi connectivity index (χ2v) is 8.61. The number of morpholine rings is 1. The van der Waals surface area contributed by atoms with Crippen molar-refractivity contribution in [2.75, 3.05) is 32.8 Å². The number of hydrogen-bond donors (Lipinski definition) is 1. The monoisotopic (exact) mass is 388 g/mol. The van der Waals surface area contributed by atoms with Crippen molar-refractivity contribution in [2.24, 2.45) is 0 Å². The lowest BCUT2D eigenvalue weighted by atomic mass is 10.1. The Morgan fingerprint density at radius 3 is 2.33 bits per heavy atom. The summed E-state index contributed by atoms with van der Waals surface area (Å²) in [5, 5.41) is 0. The van der Waals surface area contributed by atoms with E-state index >= 15 is 0 Å². The van der Waals surface area contributed by atoms with Crippen LogP contribution in [0.1, 0.15) is 30.5 Å². The van der Waals surface area contributed by atoms with E-state index in [-0.39, 0.29) is 6.04 Å². The molecule has 0 saturated carbocycles. The average Bonchev–Trinajstić information content (AvgIpc) is 2.69. The van der Waals surface area contributed by atoms with Crippen molar-refractivity contribution >= 4 is 10.0 Å². The van der Waals surface area contributed by atoms with Crippen molar-refractivity contribution in [2.45, 2.75) is 30.7 Å². The molecule has 27 heavy (non-hydrogen) atoms. The van der Waals surface area contributed by atoms with E-state index in [2.05, 4.69) is 16.5 Å². The minimum absolute atomic E-state index is 0.301. The van der Waals surface area contributed by atoms with Gasteiger partial charge in [0.2, 0.25) is 10.0 Å². The molecule has 1 N–H and O–H groups in total. The number of rotatable bonds is 8. The fraction of sp³-hybridized carbons (Fsp3) is 0.429. The average molecular weight is 389 g/mol. The molecule has 2 aromatic carbocycles. The summed E-state index contributed by atoms with van der Waals surface area (Å²) in [6.45, 7) is 5.75. The van der Waals surface area contributed by atoms with Gasteiger partial charge in [0.05, 0.1) is 24.2 Å². The van der Waals surface area contributed by atoms with Gasteiger partial charge in [-0.2, -0.15) is 0 Å². The largest absolute Gasteiger partial charge is 0.379 e. The molecular weight excluding hydrogens is 360 g/mol. The van der Waals surface area contributed by atoms with E-state index in [1.807, 2.05) is 42.5 Å². The van der Waals surface area contributed by atoms with Crippen molar-refractivity contribution in [3.63, 3.8) is 0 Å². The summed E-state index contributed by atoms with van der Waals surface area (Å²) in [4.78, 5) is 2.55. The molecule has 0 unspecified atom stereocenters. The quantitative estimate of drug-likeness (QED) is 0.755. The van der Waals surface area contributed by atoms with Crippen LogP contribution in [0.25, 0.3) is 0 Å². The van der Waals surface area contributed by atoms with Crippen LogP contribution in [0.2, 0.25) is 0 Å². The molecule has 1 fully saturated rings. The van der Waals surface area contributed by atoms with E-state index in [1.165, 1.54) is 0 Å². The molecule has 0 radical (unpaired) electrons. The maximum Gasteiger partial charge on any atom is 0.241 e. The van der Waals surface area contributed by atoms with Gasteiger partial charge in [-0.15, -0.1) is 0 Å². The summed E-state index contributed by atoms with van der Waals surface area (Å²) >= 11 is 0. The van der Waals surface area contributed by atoms with Gasteiger partial charge in [0.1, 0.15) is 0 Å². The lowest BCUT2D eigenvalue weighted by molar-refractivity contribution is 0.0345. The molecule has 1 aliphatic rings. The maximum absolute atomic E-state index is 13.0. The predicted octanol–water partition coefficient (Wildman–Crippen LogP) is 2.99. The van der Waals surface area contributed by atoms with Gasteiger partial charge in [0.25, 0.3) is 0 Å². The highest BCUT2D eigenvalue weighted by atomic mass is 32.2. The molecular formula is C21H28N2O3S. The number of ether oxygens (including phenoxy) is 1. The zero-order valence-electron chi connectivity index (χ0n) is 15.8. The van der Waals surface area contributed by atoms with E-state index in [0.29, 0.717) is 24.7 Å². The minimum atomic E-state index is -3.60. The molecule has 1 aliphatic heterocycles. The van der Waals surface area contributed by atoms with Crippen molar-refractivity contribution in [1.29, 1.82) is 0 Å². The number of aryl methyl sites for hydroxylation is 1. The first-order valence-electron chi connectivity index (χ1n) is 9.55. The minimum Gasteiger partial charge on any atom is -0.379 e. The molecule has 3 rings (SSSR count). The number of benzene rings is 2. The Bertz CT molecular complexity index is 801. The molecule has 1 heterocycles. The fourth-order valence-corrected chi connectivity index (χ4v) is 4.53. The molecule has 6 heteroatoms. The Morgan fingerprint density at radius 2 is 1.70 bits per heavy atom. The zero-order valence-corrected chi connectivity index (χ0v) is 16.6. The van der Waals surface area contributed by atoms with Gasteiger partial charge in [-0.1, -0.05) is 55.8 Å². The SMILES string of the molecule is CCCc1ccc(S(=O)(=O)N[C@H](CN2CCOCC2)c2ccccc2)cc1. The second-order valence-electron chi connectivity index (χ2n) is 6.89. The van der Waals surface area contributed by atoms with Gasteiger partial charge >= 0.3 is 0 Å². The first-order chi connectivity index (χ1) is 13.1. The van der Waals surface area contributed by atoms with Crippen LogP contribution >= 0.6 is 0 Å². The lowest BCUT2D eigenvalue weighted by Crippen LogP contribution is -2.43. The first-order valence-corrected chi connectivity index (χ1v) is 11.0. The van der Waals surface area contributed by atoms with Gasteiger partial charge in [0.15, 0.2) is 0 Å². The molecule has 1 saturated heterocycles. The normalized spacial score (nSPS) is 16.9. The number of nitrogens with one attached hydrogen (secondary N) is 1. The molecule has 0 spiro atoms. The fourth-order valence-electron chi connectivity index (χ4n) is 3.32. The van der Waals surface area contributed by atoms with Crippen LogP contribution in [-0.4, -0.2) is 46.2 Å². The maximum atomic E-state index is 13.0. The Balaban J connectivity index is 1.79. The van der Waals surface area contributed by atoms with Crippen LogP contribution in [0.3, 0.4) is 0 Å². The Kier molecular flexibility index (Phi) is 7.01. The van der Waals surface area contributed by atoms with Gasteiger partial charge in [-0.05, 0) is 29.7 Å². The first kappa shape index (κ1) is 20.0. The summed E-state index contributed by atoms with van der Waals surface area (Å²) < 4.78 is 34.3. The highest BCUT2D eigenvalue weighted by Gasteiger charge is 2.24. The van der Waals surface area contributed by atoms with Crippen LogP contribution < -0.4 is 4.72 Å². The Morgan fingerprint density at radius 1 is 1.04 bits per heavy atom. The number of sulfonamides is 1. The Labute approximate surface area is 162 Å². The van der Waals surface area contributed by atoms with E-state index in [9.17, 15) is 8.42 Å². The third-order valence-corrected chi connectivity index (χ3v) is 6.30. The smallest absolute Gasteiger partial charge is 0.241 e. The molecule has 146 valence electrons. The standard InChI is InChI=1S/C21H28N2O3S/c1-2-6-18-9-11-20(12-10-18)27(24,25)22-21(19-7-4-3-5-8-19)17-23-13-15-26-16-14-23/h3-5,7-12,21-22H,2,6,13-17H2,1H3/t21-/m1/s1. The Hall–Kier alpha value is -1.73. The van der Waals surface area contributed by atoms with E-state index in [4.69, 9.17) is 4.74 Å². The third kappa shape index (κ3) is 5.62. The number of nitrogens with zero attached hydrogens (tertiary/aromatic N) is 1. The zero-order chi connectivity index (χ0) is 19.1. The van der Waals surface area contributed by atoms with Gasteiger partial charge in [0, 0.05) is 19.6 Å². The molecule has 0 aromatic heterocycles. The summed E-state index contributed by atoms with van der Waals surface area (Å²) in [6, 6.07) is 16.7. The van der Waals surface area contributed by atoms with Crippen molar-refractivity contribution in [3.05, 3.63) is 65.7 Å². The summed E-state index contributed by atoms with van der Waals surface area (Å²) in [5.74, 6) is 0. The van der Waals surface area contributed by atoms with Crippen molar-refractivity contribution < 1.29 is 13.2 Å². The highest BCUT2D eigenvalue weighted by Crippen LogP contribution is 2.20. The van der Waals surface area contributed by atoms with Crippen molar-refractivity contribution in [3.8, 4) is 0 Å². The van der Waals surface area contributed by atoms with E-state index in [1.54, 1.807) is 12.1 Å². The summed E-state index contributed by atoms with van der Waals surface area (Å²) in [7, 11) is -3.60. The van der Waals surface area contributed by atoms with Crippen LogP contribution in [0.5, 0.6) is 0 Å². The molecule has 5 nitrogen and oxygen atoms in total. The third-order valence-electron chi connectivity index (χ3n) is 4.82. The summed E-state index contributed by atoms with van der Waals surface area (Å²) in [6.07, 6.45) is 2.00. The molecule has 0 amide bonds. The predicted molar refractivity (Wildman–Crippen MR) is 107 cm³/mol. The number of hydrogen-bond acceptors (Lipinski definition) is 4. The molecule has 0 bridgehead atoms. The van der Waals surface area contributed by atoms with Crippen LogP contribution in [-0.2, 0) is 21.2 Å². The van der Waals surface area contributed by atoms with E-state index < -0.39 is 10.0 Å². The molecule has 1 atom stereocenters. The topological polar surface area (TPSA) is 58.6 Å². The molecule has 0 aliphatic carbocycles.